The molecule has 3 aromatic rings. The summed E-state index contributed by atoms with van der Waals surface area (Å²) in [7, 11) is 0. The third kappa shape index (κ3) is 3.74. The Balaban J connectivity index is 1.79. The van der Waals surface area contributed by atoms with Crippen molar-refractivity contribution >= 4 is 34.5 Å². The molecule has 0 aliphatic rings. The molecule has 0 aliphatic heterocycles. The van der Waals surface area contributed by atoms with Gasteiger partial charge < -0.3 is 22.5 Å². The highest BCUT2D eigenvalue weighted by Gasteiger charge is 2.14. The number of anilines is 2. The van der Waals surface area contributed by atoms with E-state index >= 15 is 0 Å². The molecule has 132 valence electrons. The van der Waals surface area contributed by atoms with Crippen molar-refractivity contribution in [2.45, 2.75) is 6.04 Å². The van der Waals surface area contributed by atoms with Crippen LogP contribution in [0.25, 0.3) is 10.4 Å². The zero-order valence-electron chi connectivity index (χ0n) is 13.8. The second-order valence-electron chi connectivity index (χ2n) is 5.74. The van der Waals surface area contributed by atoms with E-state index in [9.17, 15) is 9.59 Å². The van der Waals surface area contributed by atoms with Gasteiger partial charge >= 0.3 is 0 Å². The average Bonchev–Trinajstić information content (AvgIpc) is 3.17. The summed E-state index contributed by atoms with van der Waals surface area (Å²) >= 11 is 1.61. The first kappa shape index (κ1) is 17.7. The third-order valence-electron chi connectivity index (χ3n) is 3.95. The van der Waals surface area contributed by atoms with Gasteiger partial charge in [0.05, 0.1) is 11.4 Å². The first-order chi connectivity index (χ1) is 12.5. The fraction of sp³-hybridized carbons (Fsp3) is 0.0526. The minimum atomic E-state index is -0.898. The number of nitrogen functional groups attached to an aromatic ring is 1. The number of nitrogens with two attached hydrogens (primary N) is 3. The number of hydrogen-bond acceptors (Lipinski definition) is 5. The summed E-state index contributed by atoms with van der Waals surface area (Å²) in [5.41, 5.74) is 19.8. The van der Waals surface area contributed by atoms with E-state index in [1.165, 1.54) is 0 Å². The Bertz CT molecular complexity index is 937. The van der Waals surface area contributed by atoms with Gasteiger partial charge in [-0.3, -0.25) is 9.59 Å². The Hall–Kier alpha value is -3.16. The third-order valence-corrected chi connectivity index (χ3v) is 4.86. The van der Waals surface area contributed by atoms with E-state index in [0.29, 0.717) is 22.5 Å². The number of rotatable bonds is 5. The number of hydrogen-bond donors (Lipinski definition) is 4. The van der Waals surface area contributed by atoms with E-state index in [2.05, 4.69) is 5.32 Å². The number of primary amides is 1. The molecular weight excluding hydrogens is 348 g/mol. The minimum Gasteiger partial charge on any atom is -0.397 e. The summed E-state index contributed by atoms with van der Waals surface area (Å²) in [6.45, 7) is 0. The molecule has 1 aromatic heterocycles. The van der Waals surface area contributed by atoms with Crippen molar-refractivity contribution in [2.75, 3.05) is 11.1 Å². The zero-order valence-corrected chi connectivity index (χ0v) is 14.6. The standard InChI is InChI=1S/C19H18N4O2S/c20-14-8-7-13(16-2-1-9-26-16)10-15(14)23-19(25)12-5-3-11(4-6-12)17(21)18(22)24/h1-10,17H,20-21H2,(H2,22,24)(H,23,25)/t17-/m0/s1. The largest absolute Gasteiger partial charge is 0.397 e. The van der Waals surface area contributed by atoms with Crippen LogP contribution in [0.1, 0.15) is 22.0 Å². The molecule has 7 N–H and O–H groups in total. The van der Waals surface area contributed by atoms with Gasteiger partial charge in [-0.05, 0) is 46.8 Å². The minimum absolute atomic E-state index is 0.306. The van der Waals surface area contributed by atoms with E-state index in [4.69, 9.17) is 17.2 Å². The first-order valence-electron chi connectivity index (χ1n) is 7.85. The van der Waals surface area contributed by atoms with Gasteiger partial charge in [0.25, 0.3) is 5.91 Å². The van der Waals surface area contributed by atoms with Crippen molar-refractivity contribution in [1.82, 2.24) is 0 Å². The molecule has 0 spiro atoms. The lowest BCUT2D eigenvalue weighted by atomic mass is 10.0. The van der Waals surface area contributed by atoms with Crippen molar-refractivity contribution in [3.8, 4) is 10.4 Å². The van der Waals surface area contributed by atoms with Crippen LogP contribution in [0, 0.1) is 0 Å². The summed E-state index contributed by atoms with van der Waals surface area (Å²) in [4.78, 5) is 24.7. The smallest absolute Gasteiger partial charge is 0.255 e. The number of thiophene rings is 1. The van der Waals surface area contributed by atoms with Gasteiger partial charge in [0.1, 0.15) is 6.04 Å². The maximum absolute atomic E-state index is 12.5. The molecule has 1 heterocycles. The molecule has 0 fully saturated rings. The topological polar surface area (TPSA) is 124 Å². The number of carbonyl (C=O) groups is 2. The van der Waals surface area contributed by atoms with Crippen LogP contribution < -0.4 is 22.5 Å². The highest BCUT2D eigenvalue weighted by Crippen LogP contribution is 2.30. The molecule has 0 saturated heterocycles. The fourth-order valence-electron chi connectivity index (χ4n) is 2.46. The summed E-state index contributed by atoms with van der Waals surface area (Å²) in [5, 5.41) is 4.81. The molecule has 0 bridgehead atoms. The lowest BCUT2D eigenvalue weighted by Crippen LogP contribution is -2.28. The Morgan fingerprint density at radius 1 is 1.04 bits per heavy atom. The number of carbonyl (C=O) groups excluding carboxylic acids is 2. The quantitative estimate of drug-likeness (QED) is 0.518. The monoisotopic (exact) mass is 366 g/mol. The Labute approximate surface area is 154 Å². The van der Waals surface area contributed by atoms with Gasteiger partial charge in [-0.15, -0.1) is 11.3 Å². The van der Waals surface area contributed by atoms with E-state index < -0.39 is 11.9 Å². The fourth-order valence-corrected chi connectivity index (χ4v) is 3.19. The van der Waals surface area contributed by atoms with Crippen LogP contribution in [0.2, 0.25) is 0 Å². The summed E-state index contributed by atoms with van der Waals surface area (Å²) in [6, 6.07) is 15.0. The zero-order chi connectivity index (χ0) is 18.7. The molecule has 0 saturated carbocycles. The number of nitrogens with one attached hydrogen (secondary N) is 1. The Kier molecular flexibility index (Phi) is 5.01. The predicted molar refractivity (Wildman–Crippen MR) is 105 cm³/mol. The normalized spacial score (nSPS) is 11.7. The van der Waals surface area contributed by atoms with Gasteiger partial charge in [0.2, 0.25) is 5.91 Å². The molecule has 3 rings (SSSR count). The summed E-state index contributed by atoms with van der Waals surface area (Å²) in [5.74, 6) is -0.931. The molecule has 6 nitrogen and oxygen atoms in total. The highest BCUT2D eigenvalue weighted by atomic mass is 32.1. The second-order valence-corrected chi connectivity index (χ2v) is 6.68. The van der Waals surface area contributed by atoms with Crippen LogP contribution in [0.15, 0.2) is 60.0 Å². The van der Waals surface area contributed by atoms with E-state index in [0.717, 1.165) is 10.4 Å². The van der Waals surface area contributed by atoms with E-state index in [1.54, 1.807) is 41.7 Å². The van der Waals surface area contributed by atoms with Gasteiger partial charge in [-0.2, -0.15) is 0 Å². The molecule has 2 amide bonds. The molecule has 2 aromatic carbocycles. The molecule has 0 radical (unpaired) electrons. The van der Waals surface area contributed by atoms with E-state index in [1.807, 2.05) is 29.6 Å². The summed E-state index contributed by atoms with van der Waals surface area (Å²) < 4.78 is 0. The molecule has 26 heavy (non-hydrogen) atoms. The second kappa shape index (κ2) is 7.38. The maximum atomic E-state index is 12.5. The van der Waals surface area contributed by atoms with Crippen molar-refractivity contribution < 1.29 is 9.59 Å². The van der Waals surface area contributed by atoms with Crippen LogP contribution in [-0.2, 0) is 4.79 Å². The van der Waals surface area contributed by atoms with Gasteiger partial charge in [-0.1, -0.05) is 24.3 Å². The van der Waals surface area contributed by atoms with Crippen LogP contribution in [0.5, 0.6) is 0 Å². The highest BCUT2D eigenvalue weighted by molar-refractivity contribution is 7.13. The first-order valence-corrected chi connectivity index (χ1v) is 8.73. The number of amides is 2. The van der Waals surface area contributed by atoms with Crippen molar-refractivity contribution in [3.05, 3.63) is 71.1 Å². The maximum Gasteiger partial charge on any atom is 0.255 e. The van der Waals surface area contributed by atoms with Crippen LogP contribution >= 0.6 is 11.3 Å². The summed E-state index contributed by atoms with van der Waals surface area (Å²) in [6.07, 6.45) is 0. The van der Waals surface area contributed by atoms with Gasteiger partial charge in [0.15, 0.2) is 0 Å². The average molecular weight is 366 g/mol. The lowest BCUT2D eigenvalue weighted by molar-refractivity contribution is -0.119. The molecule has 1 atom stereocenters. The van der Waals surface area contributed by atoms with Crippen molar-refractivity contribution in [2.24, 2.45) is 11.5 Å². The Morgan fingerprint density at radius 2 is 1.77 bits per heavy atom. The SMILES string of the molecule is NC(=O)[C@@H](N)c1ccc(C(=O)Nc2cc(-c3cccs3)ccc2N)cc1. The lowest BCUT2D eigenvalue weighted by Gasteiger charge is -2.11. The van der Waals surface area contributed by atoms with Crippen LogP contribution in [0.3, 0.4) is 0 Å². The predicted octanol–water partition coefficient (Wildman–Crippen LogP) is 2.73. The molecule has 0 unspecified atom stereocenters. The molecular formula is C19H18N4O2S. The molecule has 7 heteroatoms. The van der Waals surface area contributed by atoms with E-state index in [-0.39, 0.29) is 5.91 Å². The number of benzene rings is 2. The van der Waals surface area contributed by atoms with Gasteiger partial charge in [-0.25, -0.2) is 0 Å². The van der Waals surface area contributed by atoms with Crippen LogP contribution in [0.4, 0.5) is 11.4 Å². The van der Waals surface area contributed by atoms with Crippen molar-refractivity contribution in [1.29, 1.82) is 0 Å². The van der Waals surface area contributed by atoms with Gasteiger partial charge in [0, 0.05) is 10.4 Å². The Morgan fingerprint density at radius 3 is 2.38 bits per heavy atom. The van der Waals surface area contributed by atoms with Crippen LogP contribution in [-0.4, -0.2) is 11.8 Å². The molecule has 0 aliphatic carbocycles. The van der Waals surface area contributed by atoms with Crippen molar-refractivity contribution in [3.63, 3.8) is 0 Å².